The molecule has 0 spiro atoms. The Morgan fingerprint density at radius 1 is 0.561 bits per heavy atom. The lowest BCUT2D eigenvalue weighted by atomic mass is 9.91. The van der Waals surface area contributed by atoms with Gasteiger partial charge in [0.1, 0.15) is 22.9 Å². The fourth-order valence-electron chi connectivity index (χ4n) is 11.1. The molecule has 10 rings (SSSR count). The van der Waals surface area contributed by atoms with E-state index in [4.69, 9.17) is 19.9 Å². The fourth-order valence-corrected chi connectivity index (χ4v) is 11.1. The lowest BCUT2D eigenvalue weighted by Gasteiger charge is -2.38. The van der Waals surface area contributed by atoms with Gasteiger partial charge in [-0.1, -0.05) is 24.3 Å². The number of nitrogens with zero attached hydrogens (tertiary/aromatic N) is 12. The van der Waals surface area contributed by atoms with Gasteiger partial charge in [-0.05, 0) is 128 Å². The van der Waals surface area contributed by atoms with Crippen LogP contribution in [0.4, 0.5) is 11.6 Å². The van der Waals surface area contributed by atoms with Crippen molar-refractivity contribution in [3.63, 3.8) is 0 Å². The van der Waals surface area contributed by atoms with E-state index in [0.29, 0.717) is 25.2 Å². The predicted octanol–water partition coefficient (Wildman–Crippen LogP) is 6.52. The molecular weight excluding hydrogens is 825 g/mol. The molecule has 8 heterocycles. The Bertz CT molecular complexity index is 2380. The number of piperazine rings is 2. The highest BCUT2D eigenvalue weighted by Crippen LogP contribution is 2.35. The molecule has 0 unspecified atom stereocenters. The number of anilines is 2. The molecule has 4 aliphatic rings. The third-order valence-corrected chi connectivity index (χ3v) is 14.8. The van der Waals surface area contributed by atoms with Crippen molar-refractivity contribution in [1.82, 2.24) is 48.3 Å². The smallest absolute Gasteiger partial charge is 0.138 e. The number of rotatable bonds is 12. The number of pyridine rings is 4. The van der Waals surface area contributed by atoms with E-state index in [0.717, 1.165) is 124 Å². The maximum Gasteiger partial charge on any atom is 0.138 e. The van der Waals surface area contributed by atoms with Crippen LogP contribution in [0.5, 0.6) is 0 Å². The Morgan fingerprint density at radius 2 is 0.970 bits per heavy atom. The zero-order valence-corrected chi connectivity index (χ0v) is 40.2. The van der Waals surface area contributed by atoms with Gasteiger partial charge in [0.2, 0.25) is 0 Å². The van der Waals surface area contributed by atoms with E-state index in [1.807, 2.05) is 36.7 Å². The molecule has 0 amide bonds. The topological polar surface area (TPSA) is 120 Å². The number of imidazole rings is 2. The SMILES string of the molecule is CC(C)N1CCN(c2cccc3nc(CN(C)[C@H]4CCCc5cccnc54)c(CO)n23)CC1.CC(C)N1CCN(c2cccc3nc(CN(C)[C@H]4CCCc5cccnc54)c(CO)n23)CC1. The van der Waals surface area contributed by atoms with Crippen LogP contribution in [0.3, 0.4) is 0 Å². The Labute approximate surface area is 391 Å². The van der Waals surface area contributed by atoms with Gasteiger partial charge in [0.15, 0.2) is 0 Å². The third kappa shape index (κ3) is 9.45. The molecule has 14 nitrogen and oxygen atoms in total. The molecule has 2 atom stereocenters. The van der Waals surface area contributed by atoms with E-state index < -0.39 is 0 Å². The van der Waals surface area contributed by atoms with E-state index in [9.17, 15) is 10.2 Å². The molecule has 2 aliphatic carbocycles. The van der Waals surface area contributed by atoms with Crippen molar-refractivity contribution >= 4 is 22.9 Å². The summed E-state index contributed by atoms with van der Waals surface area (Å²) in [5, 5.41) is 20.8. The molecule has 0 radical (unpaired) electrons. The second-order valence-corrected chi connectivity index (χ2v) is 19.5. The molecule has 66 heavy (non-hydrogen) atoms. The summed E-state index contributed by atoms with van der Waals surface area (Å²) >= 11 is 0. The summed E-state index contributed by atoms with van der Waals surface area (Å²) in [5.74, 6) is 2.26. The normalized spacial score (nSPS) is 19.6. The van der Waals surface area contributed by atoms with Gasteiger partial charge in [-0.3, -0.25) is 38.4 Å². The lowest BCUT2D eigenvalue weighted by Crippen LogP contribution is -2.49. The van der Waals surface area contributed by atoms with E-state index in [2.05, 4.69) is 116 Å². The summed E-state index contributed by atoms with van der Waals surface area (Å²) < 4.78 is 4.34. The molecule has 2 aliphatic heterocycles. The van der Waals surface area contributed by atoms with Gasteiger partial charge in [0.05, 0.1) is 59.5 Å². The van der Waals surface area contributed by atoms with E-state index in [1.54, 1.807) is 0 Å². The van der Waals surface area contributed by atoms with Crippen molar-refractivity contribution < 1.29 is 10.2 Å². The average Bonchev–Trinajstić information content (AvgIpc) is 3.90. The van der Waals surface area contributed by atoms with Crippen LogP contribution in [-0.2, 0) is 39.1 Å². The molecule has 352 valence electrons. The molecule has 0 saturated carbocycles. The van der Waals surface area contributed by atoms with Gasteiger partial charge in [0, 0.05) is 89.9 Å². The standard InChI is InChI=1S/2C26H36N6O/c2*1-19(2)30-13-15-31(16-14-30)25-11-5-10-24-28-21(23(18-33)32(24)25)17-29(3)22-9-4-7-20-8-6-12-27-26(20)22/h2*5-6,8,10-12,19,22,33H,4,7,9,13-18H2,1-3H3/t2*22-/m00/s1. The highest BCUT2D eigenvalue weighted by molar-refractivity contribution is 5.56. The largest absolute Gasteiger partial charge is 0.390 e. The summed E-state index contributed by atoms with van der Waals surface area (Å²) in [4.78, 5) is 34.0. The quantitative estimate of drug-likeness (QED) is 0.139. The Morgan fingerprint density at radius 3 is 1.35 bits per heavy atom. The molecule has 2 N–H and O–H groups in total. The minimum Gasteiger partial charge on any atom is -0.390 e. The number of fused-ring (bicyclic) bond motifs is 4. The summed E-state index contributed by atoms with van der Waals surface area (Å²) in [6, 6.07) is 22.8. The first-order valence-electron chi connectivity index (χ1n) is 24.6. The molecule has 6 aromatic heterocycles. The highest BCUT2D eigenvalue weighted by atomic mass is 16.3. The fraction of sp³-hybridized carbons (Fsp3) is 0.538. The first kappa shape index (κ1) is 46.2. The van der Waals surface area contributed by atoms with Crippen LogP contribution in [-0.4, -0.2) is 137 Å². The van der Waals surface area contributed by atoms with E-state index in [-0.39, 0.29) is 25.3 Å². The number of hydrogen-bond acceptors (Lipinski definition) is 12. The molecule has 0 aromatic carbocycles. The Balaban J connectivity index is 0.000000166. The van der Waals surface area contributed by atoms with Gasteiger partial charge < -0.3 is 20.0 Å². The van der Waals surface area contributed by atoms with Crippen LogP contribution < -0.4 is 9.80 Å². The molecule has 0 bridgehead atoms. The number of aromatic nitrogens is 6. The molecule has 2 fully saturated rings. The second kappa shape index (κ2) is 20.5. The second-order valence-electron chi connectivity index (χ2n) is 19.5. The zero-order chi connectivity index (χ0) is 45.9. The predicted molar refractivity (Wildman–Crippen MR) is 263 cm³/mol. The van der Waals surface area contributed by atoms with E-state index in [1.165, 1.54) is 35.4 Å². The Hall–Kier alpha value is -4.96. The van der Waals surface area contributed by atoms with Crippen molar-refractivity contribution in [2.75, 3.05) is 76.3 Å². The monoisotopic (exact) mass is 897 g/mol. The lowest BCUT2D eigenvalue weighted by molar-refractivity contribution is 0.203. The van der Waals surface area contributed by atoms with Crippen LogP contribution in [0, 0.1) is 0 Å². The minimum absolute atomic E-state index is 0.0210. The first-order chi connectivity index (χ1) is 32.1. The van der Waals surface area contributed by atoms with Crippen molar-refractivity contribution in [3.8, 4) is 0 Å². The van der Waals surface area contributed by atoms with Gasteiger partial charge in [0.25, 0.3) is 0 Å². The summed E-state index contributed by atoms with van der Waals surface area (Å²) in [6.45, 7) is 18.6. The van der Waals surface area contributed by atoms with Crippen molar-refractivity contribution in [3.05, 3.63) is 118 Å². The molecule has 14 heteroatoms. The van der Waals surface area contributed by atoms with Gasteiger partial charge in [-0.2, -0.15) is 0 Å². The van der Waals surface area contributed by atoms with Crippen molar-refractivity contribution in [1.29, 1.82) is 0 Å². The van der Waals surface area contributed by atoms with Gasteiger partial charge >= 0.3 is 0 Å². The van der Waals surface area contributed by atoms with Crippen LogP contribution >= 0.6 is 0 Å². The Kier molecular flexibility index (Phi) is 14.3. The maximum atomic E-state index is 10.4. The number of aliphatic hydroxyl groups is 2. The molecule has 2 saturated heterocycles. The number of aryl methyl sites for hydroxylation is 2. The van der Waals surface area contributed by atoms with Crippen molar-refractivity contribution in [2.24, 2.45) is 0 Å². The van der Waals surface area contributed by atoms with Crippen LogP contribution in [0.25, 0.3) is 11.3 Å². The van der Waals surface area contributed by atoms with Crippen LogP contribution in [0.1, 0.15) is 111 Å². The summed E-state index contributed by atoms with van der Waals surface area (Å²) in [5.41, 5.74) is 10.6. The number of hydrogen-bond donors (Lipinski definition) is 2. The molecular formula is C52H72N12O2. The average molecular weight is 897 g/mol. The van der Waals surface area contributed by atoms with Gasteiger partial charge in [-0.15, -0.1) is 0 Å². The highest BCUT2D eigenvalue weighted by Gasteiger charge is 2.30. The maximum absolute atomic E-state index is 10.4. The van der Waals surface area contributed by atoms with Gasteiger partial charge in [-0.25, -0.2) is 9.97 Å². The van der Waals surface area contributed by atoms with Crippen molar-refractivity contribution in [2.45, 2.75) is 117 Å². The minimum atomic E-state index is -0.0210. The summed E-state index contributed by atoms with van der Waals surface area (Å²) in [6.07, 6.45) is 10.6. The van der Waals surface area contributed by atoms with E-state index >= 15 is 0 Å². The van der Waals surface area contributed by atoms with Crippen LogP contribution in [0.15, 0.2) is 73.1 Å². The first-order valence-corrected chi connectivity index (χ1v) is 24.6. The van der Waals surface area contributed by atoms with Crippen LogP contribution in [0.2, 0.25) is 0 Å². The summed E-state index contributed by atoms with van der Waals surface area (Å²) in [7, 11) is 4.32. The third-order valence-electron chi connectivity index (χ3n) is 14.8. The molecule has 6 aromatic rings. The number of aliphatic hydroxyl groups excluding tert-OH is 2. The zero-order valence-electron chi connectivity index (χ0n) is 40.2.